The standard InChI is InChI=1S/C5H11F2NO2/c1-9-5(10-2)3(8)4(6)7/h3-5H,8H2,1-2H3. The van der Waals surface area contributed by atoms with Crippen LogP contribution < -0.4 is 5.73 Å². The lowest BCUT2D eigenvalue weighted by Gasteiger charge is -2.19. The number of ether oxygens (including phenoxy) is 2. The van der Waals surface area contributed by atoms with Crippen molar-refractivity contribution < 1.29 is 18.3 Å². The average Bonchev–Trinajstić information content (AvgIpc) is 1.90. The molecule has 1 atom stereocenters. The number of alkyl halides is 2. The Balaban J connectivity index is 3.76. The third-order valence-electron chi connectivity index (χ3n) is 1.07. The van der Waals surface area contributed by atoms with Crippen molar-refractivity contribution in [1.29, 1.82) is 0 Å². The lowest BCUT2D eigenvalue weighted by molar-refractivity contribution is -0.140. The minimum absolute atomic E-state index is 1.03. The zero-order valence-corrected chi connectivity index (χ0v) is 5.88. The molecule has 0 aliphatic rings. The van der Waals surface area contributed by atoms with Crippen LogP contribution in [0.3, 0.4) is 0 Å². The van der Waals surface area contributed by atoms with E-state index < -0.39 is 18.8 Å². The van der Waals surface area contributed by atoms with Crippen molar-refractivity contribution in [3.8, 4) is 0 Å². The van der Waals surface area contributed by atoms with Crippen molar-refractivity contribution in [3.05, 3.63) is 0 Å². The van der Waals surface area contributed by atoms with Gasteiger partial charge in [-0.05, 0) is 0 Å². The number of methoxy groups -OCH3 is 2. The fraction of sp³-hybridized carbons (Fsp3) is 1.00. The molecule has 0 saturated carbocycles. The van der Waals surface area contributed by atoms with Gasteiger partial charge in [0.15, 0.2) is 6.29 Å². The highest BCUT2D eigenvalue weighted by Gasteiger charge is 2.25. The molecule has 0 heterocycles. The van der Waals surface area contributed by atoms with Crippen LogP contribution in [0.25, 0.3) is 0 Å². The highest BCUT2D eigenvalue weighted by Crippen LogP contribution is 2.05. The van der Waals surface area contributed by atoms with Crippen LogP contribution in [0.5, 0.6) is 0 Å². The van der Waals surface area contributed by atoms with Crippen molar-refractivity contribution in [1.82, 2.24) is 0 Å². The Morgan fingerprint density at radius 1 is 1.20 bits per heavy atom. The Morgan fingerprint density at radius 2 is 1.60 bits per heavy atom. The second-order valence-corrected chi connectivity index (χ2v) is 1.75. The van der Waals surface area contributed by atoms with Crippen LogP contribution in [0, 0.1) is 0 Å². The highest BCUT2D eigenvalue weighted by molar-refractivity contribution is 4.67. The average molecular weight is 155 g/mol. The van der Waals surface area contributed by atoms with E-state index in [1.54, 1.807) is 0 Å². The monoisotopic (exact) mass is 155 g/mol. The normalized spacial score (nSPS) is 14.7. The lowest BCUT2D eigenvalue weighted by atomic mass is 10.3. The largest absolute Gasteiger partial charge is 0.354 e. The molecule has 0 aromatic carbocycles. The molecule has 0 bridgehead atoms. The zero-order chi connectivity index (χ0) is 8.15. The van der Waals surface area contributed by atoms with Gasteiger partial charge in [-0.2, -0.15) is 0 Å². The van der Waals surface area contributed by atoms with Crippen LogP contribution in [0.2, 0.25) is 0 Å². The molecule has 0 aliphatic carbocycles. The van der Waals surface area contributed by atoms with Crippen LogP contribution in [0.15, 0.2) is 0 Å². The summed E-state index contributed by atoms with van der Waals surface area (Å²) in [6, 6.07) is -1.38. The Labute approximate surface area is 58.1 Å². The van der Waals surface area contributed by atoms with E-state index in [1.807, 2.05) is 0 Å². The van der Waals surface area contributed by atoms with E-state index in [1.165, 1.54) is 14.2 Å². The van der Waals surface area contributed by atoms with Gasteiger partial charge in [0, 0.05) is 14.2 Å². The number of hydrogen-bond donors (Lipinski definition) is 1. The molecule has 0 radical (unpaired) electrons. The van der Waals surface area contributed by atoms with Gasteiger partial charge in [-0.25, -0.2) is 8.78 Å². The molecule has 3 nitrogen and oxygen atoms in total. The second-order valence-electron chi connectivity index (χ2n) is 1.75. The van der Waals surface area contributed by atoms with Crippen LogP contribution in [0.1, 0.15) is 0 Å². The number of halogens is 2. The summed E-state index contributed by atoms with van der Waals surface area (Å²) in [5.74, 6) is 0. The first-order chi connectivity index (χ1) is 4.63. The fourth-order valence-electron chi connectivity index (χ4n) is 0.529. The predicted octanol–water partition coefficient (Wildman–Crippen LogP) is 0.198. The quantitative estimate of drug-likeness (QED) is 0.590. The summed E-state index contributed by atoms with van der Waals surface area (Å²) in [5.41, 5.74) is 4.98. The Hall–Kier alpha value is -0.260. The van der Waals surface area contributed by atoms with Gasteiger partial charge in [-0.1, -0.05) is 0 Å². The van der Waals surface area contributed by atoms with Gasteiger partial charge in [0.25, 0.3) is 6.43 Å². The Bertz CT molecular complexity index is 87.7. The van der Waals surface area contributed by atoms with Crippen molar-refractivity contribution in [3.63, 3.8) is 0 Å². The van der Waals surface area contributed by atoms with Crippen LogP contribution in [0.4, 0.5) is 8.78 Å². The molecular formula is C5H11F2NO2. The second kappa shape index (κ2) is 4.54. The van der Waals surface area contributed by atoms with Gasteiger partial charge in [0.2, 0.25) is 0 Å². The fourth-order valence-corrected chi connectivity index (χ4v) is 0.529. The van der Waals surface area contributed by atoms with Gasteiger partial charge in [0.1, 0.15) is 6.04 Å². The third kappa shape index (κ3) is 2.55. The SMILES string of the molecule is COC(OC)C(N)C(F)F. The molecule has 0 spiro atoms. The number of rotatable bonds is 4. The summed E-state index contributed by atoms with van der Waals surface area (Å²) in [7, 11) is 2.52. The van der Waals surface area contributed by atoms with Gasteiger partial charge in [0.05, 0.1) is 0 Å². The van der Waals surface area contributed by atoms with Crippen LogP contribution in [-0.4, -0.2) is 33.0 Å². The summed E-state index contributed by atoms with van der Waals surface area (Å²) in [6.45, 7) is 0. The van der Waals surface area contributed by atoms with Gasteiger partial charge in [-0.15, -0.1) is 0 Å². The van der Waals surface area contributed by atoms with Gasteiger partial charge in [-0.3, -0.25) is 0 Å². The molecular weight excluding hydrogens is 144 g/mol. The molecule has 5 heteroatoms. The lowest BCUT2D eigenvalue weighted by Crippen LogP contribution is -2.43. The Kier molecular flexibility index (Phi) is 4.42. The van der Waals surface area contributed by atoms with E-state index in [0.29, 0.717) is 0 Å². The molecule has 10 heavy (non-hydrogen) atoms. The van der Waals surface area contributed by atoms with E-state index >= 15 is 0 Å². The molecule has 0 rings (SSSR count). The van der Waals surface area contributed by atoms with Crippen LogP contribution in [-0.2, 0) is 9.47 Å². The van der Waals surface area contributed by atoms with Crippen LogP contribution >= 0.6 is 0 Å². The highest BCUT2D eigenvalue weighted by atomic mass is 19.3. The first-order valence-corrected chi connectivity index (χ1v) is 2.72. The van der Waals surface area contributed by atoms with Crippen molar-refractivity contribution >= 4 is 0 Å². The summed E-state index contributed by atoms with van der Waals surface area (Å²) in [5, 5.41) is 0. The summed E-state index contributed by atoms with van der Waals surface area (Å²) >= 11 is 0. The predicted molar refractivity (Wildman–Crippen MR) is 31.8 cm³/mol. The molecule has 0 aromatic heterocycles. The number of nitrogens with two attached hydrogens (primary N) is 1. The van der Waals surface area contributed by atoms with Gasteiger partial charge < -0.3 is 15.2 Å². The molecule has 2 N–H and O–H groups in total. The minimum Gasteiger partial charge on any atom is -0.354 e. The molecule has 0 aliphatic heterocycles. The maximum atomic E-state index is 11.8. The van der Waals surface area contributed by atoms with Gasteiger partial charge >= 0.3 is 0 Å². The molecule has 62 valence electrons. The maximum Gasteiger partial charge on any atom is 0.258 e. The Morgan fingerprint density at radius 3 is 1.70 bits per heavy atom. The zero-order valence-electron chi connectivity index (χ0n) is 5.88. The van der Waals surface area contributed by atoms with E-state index in [-0.39, 0.29) is 0 Å². The van der Waals surface area contributed by atoms with Crippen molar-refractivity contribution in [2.75, 3.05) is 14.2 Å². The van der Waals surface area contributed by atoms with Crippen molar-refractivity contribution in [2.24, 2.45) is 5.73 Å². The number of hydrogen-bond acceptors (Lipinski definition) is 3. The summed E-state index contributed by atoms with van der Waals surface area (Å²) < 4.78 is 32.5. The first-order valence-electron chi connectivity index (χ1n) is 2.72. The minimum atomic E-state index is -2.62. The van der Waals surface area contributed by atoms with E-state index in [9.17, 15) is 8.78 Å². The third-order valence-corrected chi connectivity index (χ3v) is 1.07. The molecule has 0 amide bonds. The van der Waals surface area contributed by atoms with E-state index in [2.05, 4.69) is 9.47 Å². The topological polar surface area (TPSA) is 44.5 Å². The maximum absolute atomic E-state index is 11.8. The first kappa shape index (κ1) is 9.74. The molecule has 1 unspecified atom stereocenters. The summed E-state index contributed by atoms with van der Waals surface area (Å²) in [6.07, 6.45) is -3.65. The molecule has 0 saturated heterocycles. The van der Waals surface area contributed by atoms with Crippen molar-refractivity contribution in [2.45, 2.75) is 18.8 Å². The van der Waals surface area contributed by atoms with E-state index in [4.69, 9.17) is 5.73 Å². The molecule has 0 aromatic rings. The smallest absolute Gasteiger partial charge is 0.258 e. The molecule has 0 fully saturated rings. The summed E-state index contributed by atoms with van der Waals surface area (Å²) in [4.78, 5) is 0. The van der Waals surface area contributed by atoms with E-state index in [0.717, 1.165) is 0 Å².